The Morgan fingerprint density at radius 3 is 2.50 bits per heavy atom. The van der Waals surface area contributed by atoms with Gasteiger partial charge in [0, 0.05) is 5.56 Å². The van der Waals surface area contributed by atoms with Gasteiger partial charge in [-0.3, -0.25) is 0 Å². The number of nitrogens with one attached hydrogen (secondary N) is 1. The Bertz CT molecular complexity index is 599. The minimum Gasteiger partial charge on any atom is -0.339 e. The van der Waals surface area contributed by atoms with Crippen molar-refractivity contribution in [1.29, 1.82) is 0 Å². The van der Waals surface area contributed by atoms with E-state index in [2.05, 4.69) is 15.3 Å². The first-order chi connectivity index (χ1) is 8.49. The molecule has 1 aromatic carbocycles. The van der Waals surface area contributed by atoms with Crippen molar-refractivity contribution in [2.45, 2.75) is 13.8 Å². The van der Waals surface area contributed by atoms with Gasteiger partial charge in [0.25, 0.3) is 0 Å². The number of hydrogen-bond donors (Lipinski definition) is 1. The van der Waals surface area contributed by atoms with E-state index < -0.39 is 0 Å². The Balaban J connectivity index is 2.43. The van der Waals surface area contributed by atoms with E-state index in [1.165, 1.54) is 0 Å². The average molecular weight is 303 g/mol. The van der Waals surface area contributed by atoms with Crippen molar-refractivity contribution >= 4 is 46.3 Å². The quantitative estimate of drug-likeness (QED) is 0.810. The smallest absolute Gasteiger partial charge is 0.138 e. The number of nitrogens with zero attached hydrogens (tertiary/aromatic N) is 2. The molecule has 1 heterocycles. The van der Waals surface area contributed by atoms with Crippen LogP contribution < -0.4 is 5.32 Å². The highest BCUT2D eigenvalue weighted by Gasteiger charge is 2.10. The largest absolute Gasteiger partial charge is 0.339 e. The summed E-state index contributed by atoms with van der Waals surface area (Å²) in [5.41, 5.74) is 1.44. The van der Waals surface area contributed by atoms with E-state index in [4.69, 9.17) is 34.8 Å². The zero-order valence-corrected chi connectivity index (χ0v) is 12.0. The monoisotopic (exact) mass is 301 g/mol. The highest BCUT2D eigenvalue weighted by molar-refractivity contribution is 6.43. The molecule has 0 aliphatic rings. The molecule has 94 valence electrons. The summed E-state index contributed by atoms with van der Waals surface area (Å²) >= 11 is 18.1. The summed E-state index contributed by atoms with van der Waals surface area (Å²) in [5.74, 6) is 1.21. The fraction of sp³-hybridized carbons (Fsp3) is 0.167. The summed E-state index contributed by atoms with van der Waals surface area (Å²) in [6.07, 6.45) is 0. The maximum Gasteiger partial charge on any atom is 0.138 e. The second-order valence-corrected chi connectivity index (χ2v) is 4.90. The molecule has 0 spiro atoms. The molecular weight excluding hydrogens is 293 g/mol. The number of halogens is 3. The summed E-state index contributed by atoms with van der Waals surface area (Å²) in [6, 6.07) is 5.35. The molecule has 1 aromatic heterocycles. The molecule has 0 radical (unpaired) electrons. The van der Waals surface area contributed by atoms with Crippen LogP contribution >= 0.6 is 34.8 Å². The lowest BCUT2D eigenvalue weighted by molar-refractivity contribution is 1.04. The Kier molecular flexibility index (Phi) is 3.95. The van der Waals surface area contributed by atoms with E-state index in [0.29, 0.717) is 32.5 Å². The van der Waals surface area contributed by atoms with Gasteiger partial charge in [-0.1, -0.05) is 40.9 Å². The minimum atomic E-state index is 0.420. The van der Waals surface area contributed by atoms with Gasteiger partial charge < -0.3 is 5.32 Å². The van der Waals surface area contributed by atoms with Crippen LogP contribution in [-0.4, -0.2) is 9.97 Å². The second kappa shape index (κ2) is 5.31. The van der Waals surface area contributed by atoms with Crippen LogP contribution in [0.15, 0.2) is 18.2 Å². The van der Waals surface area contributed by atoms with Gasteiger partial charge in [0.05, 0.1) is 15.7 Å². The molecule has 0 unspecified atom stereocenters. The molecule has 0 amide bonds. The van der Waals surface area contributed by atoms with Crippen molar-refractivity contribution in [1.82, 2.24) is 9.97 Å². The molecule has 1 N–H and O–H groups in total. The molecule has 2 rings (SSSR count). The minimum absolute atomic E-state index is 0.420. The normalized spacial score (nSPS) is 10.5. The molecule has 0 fully saturated rings. The van der Waals surface area contributed by atoms with Crippen LogP contribution in [-0.2, 0) is 0 Å². The Morgan fingerprint density at radius 1 is 1.06 bits per heavy atom. The van der Waals surface area contributed by atoms with Crippen LogP contribution in [0.4, 0.5) is 11.5 Å². The third-order valence-electron chi connectivity index (χ3n) is 2.40. The van der Waals surface area contributed by atoms with Crippen LogP contribution in [0.5, 0.6) is 0 Å². The average Bonchev–Trinajstić information content (AvgIpc) is 2.31. The highest BCUT2D eigenvalue weighted by atomic mass is 35.5. The fourth-order valence-electron chi connectivity index (χ4n) is 1.44. The fourth-order valence-corrected chi connectivity index (χ4v) is 2.00. The summed E-state index contributed by atoms with van der Waals surface area (Å²) < 4.78 is 0. The third-order valence-corrected chi connectivity index (χ3v) is 3.59. The molecule has 6 heteroatoms. The molecule has 0 saturated carbocycles. The van der Waals surface area contributed by atoms with Crippen LogP contribution in [0.2, 0.25) is 15.2 Å². The van der Waals surface area contributed by atoms with Crippen LogP contribution in [0.3, 0.4) is 0 Å². The van der Waals surface area contributed by atoms with Crippen molar-refractivity contribution in [3.8, 4) is 0 Å². The van der Waals surface area contributed by atoms with Gasteiger partial charge in [-0.05, 0) is 26.0 Å². The molecule has 0 atom stereocenters. The number of rotatable bonds is 2. The summed E-state index contributed by atoms with van der Waals surface area (Å²) in [7, 11) is 0. The number of aromatic nitrogens is 2. The molecular formula is C12H10Cl3N3. The predicted molar refractivity (Wildman–Crippen MR) is 76.3 cm³/mol. The van der Waals surface area contributed by atoms with Crippen LogP contribution in [0.1, 0.15) is 11.4 Å². The zero-order valence-electron chi connectivity index (χ0n) is 9.76. The number of hydrogen-bond acceptors (Lipinski definition) is 3. The first-order valence-electron chi connectivity index (χ1n) is 5.21. The van der Waals surface area contributed by atoms with Crippen molar-refractivity contribution in [3.05, 3.63) is 44.8 Å². The SMILES string of the molecule is Cc1nc(Cl)c(C)c(Nc2cccc(Cl)c2Cl)n1. The summed E-state index contributed by atoms with van der Waals surface area (Å²) in [5, 5.41) is 4.46. The topological polar surface area (TPSA) is 37.8 Å². The van der Waals surface area contributed by atoms with Gasteiger partial charge in [-0.25, -0.2) is 9.97 Å². The highest BCUT2D eigenvalue weighted by Crippen LogP contribution is 2.32. The first-order valence-corrected chi connectivity index (χ1v) is 6.34. The first kappa shape index (κ1) is 13.4. The molecule has 3 nitrogen and oxygen atoms in total. The van der Waals surface area contributed by atoms with Crippen molar-refractivity contribution < 1.29 is 0 Å². The van der Waals surface area contributed by atoms with E-state index in [9.17, 15) is 0 Å². The number of anilines is 2. The van der Waals surface area contributed by atoms with Gasteiger partial charge in [0.15, 0.2) is 0 Å². The van der Waals surface area contributed by atoms with Crippen molar-refractivity contribution in [3.63, 3.8) is 0 Å². The standard InChI is InChI=1S/C12H10Cl3N3/c1-6-11(15)16-7(2)17-12(6)18-9-5-3-4-8(13)10(9)14/h3-5H,1-2H3,(H,16,17,18). The number of benzene rings is 1. The van der Waals surface area contributed by atoms with E-state index >= 15 is 0 Å². The van der Waals surface area contributed by atoms with Gasteiger partial charge in [-0.2, -0.15) is 0 Å². The van der Waals surface area contributed by atoms with Gasteiger partial charge in [0.2, 0.25) is 0 Å². The van der Waals surface area contributed by atoms with Crippen LogP contribution in [0, 0.1) is 13.8 Å². The second-order valence-electron chi connectivity index (χ2n) is 3.76. The zero-order chi connectivity index (χ0) is 13.3. The van der Waals surface area contributed by atoms with E-state index in [0.717, 1.165) is 5.56 Å². The molecule has 0 aliphatic carbocycles. The molecule has 0 aliphatic heterocycles. The summed E-state index contributed by atoms with van der Waals surface area (Å²) in [6.45, 7) is 3.61. The number of aryl methyl sites for hydroxylation is 1. The third kappa shape index (κ3) is 2.69. The predicted octanol–water partition coefficient (Wildman–Crippen LogP) is 4.80. The van der Waals surface area contributed by atoms with Crippen molar-refractivity contribution in [2.24, 2.45) is 0 Å². The Morgan fingerprint density at radius 2 is 1.78 bits per heavy atom. The lowest BCUT2D eigenvalue weighted by Crippen LogP contribution is -2.01. The van der Waals surface area contributed by atoms with Gasteiger partial charge >= 0.3 is 0 Å². The van der Waals surface area contributed by atoms with E-state index in [1.807, 2.05) is 19.1 Å². The van der Waals surface area contributed by atoms with Crippen LogP contribution in [0.25, 0.3) is 0 Å². The van der Waals surface area contributed by atoms with E-state index in [1.54, 1.807) is 13.0 Å². The molecule has 2 aromatic rings. The van der Waals surface area contributed by atoms with Gasteiger partial charge in [-0.15, -0.1) is 0 Å². The molecule has 0 bridgehead atoms. The molecule has 0 saturated heterocycles. The Labute approximate surface area is 120 Å². The van der Waals surface area contributed by atoms with Gasteiger partial charge in [0.1, 0.15) is 16.8 Å². The lowest BCUT2D eigenvalue weighted by Gasteiger charge is -2.12. The lowest BCUT2D eigenvalue weighted by atomic mass is 10.3. The molecule has 18 heavy (non-hydrogen) atoms. The van der Waals surface area contributed by atoms with Crippen molar-refractivity contribution in [2.75, 3.05) is 5.32 Å². The van der Waals surface area contributed by atoms with E-state index in [-0.39, 0.29) is 0 Å². The Hall–Kier alpha value is -1.03. The summed E-state index contributed by atoms with van der Waals surface area (Å²) in [4.78, 5) is 8.36. The maximum absolute atomic E-state index is 6.10. The maximum atomic E-state index is 6.10.